The van der Waals surface area contributed by atoms with Gasteiger partial charge < -0.3 is 15.2 Å². The Morgan fingerprint density at radius 2 is 2.00 bits per heavy atom. The topological polar surface area (TPSA) is 44.5 Å². The summed E-state index contributed by atoms with van der Waals surface area (Å²) in [7, 11) is 0. The molecule has 1 heterocycles. The molecule has 0 radical (unpaired) electrons. The van der Waals surface area contributed by atoms with Gasteiger partial charge in [0, 0.05) is 11.8 Å². The lowest BCUT2D eigenvalue weighted by Gasteiger charge is -2.28. The van der Waals surface area contributed by atoms with Crippen molar-refractivity contribution in [2.45, 2.75) is 19.4 Å². The lowest BCUT2D eigenvalue weighted by Crippen LogP contribution is -2.43. The van der Waals surface area contributed by atoms with E-state index in [9.17, 15) is 13.2 Å². The van der Waals surface area contributed by atoms with Gasteiger partial charge in [0.25, 0.3) is 0 Å². The largest absolute Gasteiger partial charge is 0.468 e. The Kier molecular flexibility index (Phi) is 1.95. The third-order valence-corrected chi connectivity index (χ3v) is 2.07. The quantitative estimate of drug-likeness (QED) is 0.680. The second kappa shape index (κ2) is 2.95. The Morgan fingerprint density at radius 1 is 1.33 bits per heavy atom. The number of hydrogen-bond donors (Lipinski definition) is 1. The standard InChI is InChI=1S/C9H8F3NO2/c1-4-2-7-6(3-5(4)13)14-8(10)9(11,12)15-7/h2-3,8H,13H2,1H3/t8-/m1/s1. The Hall–Kier alpha value is -1.59. The van der Waals surface area contributed by atoms with Gasteiger partial charge in [0.1, 0.15) is 0 Å². The number of fused-ring (bicyclic) bond motifs is 1. The molecule has 1 aromatic carbocycles. The van der Waals surface area contributed by atoms with Crippen LogP contribution in [0.2, 0.25) is 0 Å². The van der Waals surface area contributed by atoms with Crippen molar-refractivity contribution in [3.8, 4) is 11.5 Å². The van der Waals surface area contributed by atoms with E-state index in [4.69, 9.17) is 5.73 Å². The molecule has 1 atom stereocenters. The van der Waals surface area contributed by atoms with Crippen molar-refractivity contribution < 1.29 is 22.6 Å². The van der Waals surface area contributed by atoms with Crippen molar-refractivity contribution in [3.63, 3.8) is 0 Å². The van der Waals surface area contributed by atoms with Crippen molar-refractivity contribution in [1.82, 2.24) is 0 Å². The molecule has 0 bridgehead atoms. The second-order valence-electron chi connectivity index (χ2n) is 3.25. The zero-order valence-corrected chi connectivity index (χ0v) is 7.76. The predicted molar refractivity (Wildman–Crippen MR) is 46.7 cm³/mol. The smallest absolute Gasteiger partial charge is 0.447 e. The number of nitrogens with two attached hydrogens (primary N) is 1. The van der Waals surface area contributed by atoms with Crippen LogP contribution in [-0.4, -0.2) is 12.5 Å². The average molecular weight is 219 g/mol. The molecule has 2 rings (SSSR count). The summed E-state index contributed by atoms with van der Waals surface area (Å²) in [6.45, 7) is 1.62. The molecule has 1 aliphatic rings. The molecule has 0 spiro atoms. The number of anilines is 1. The predicted octanol–water partition coefficient (Wildman–Crippen LogP) is 2.24. The first-order valence-electron chi connectivity index (χ1n) is 4.18. The number of ether oxygens (including phenoxy) is 2. The van der Waals surface area contributed by atoms with Crippen LogP contribution in [0, 0.1) is 6.92 Å². The summed E-state index contributed by atoms with van der Waals surface area (Å²) in [5.74, 6) is -0.322. The zero-order chi connectivity index (χ0) is 11.2. The van der Waals surface area contributed by atoms with Gasteiger partial charge in [-0.2, -0.15) is 13.2 Å². The van der Waals surface area contributed by atoms with E-state index >= 15 is 0 Å². The second-order valence-corrected chi connectivity index (χ2v) is 3.25. The molecule has 1 aromatic rings. The minimum Gasteiger partial charge on any atom is -0.447 e. The normalized spacial score (nSPS) is 22.5. The van der Waals surface area contributed by atoms with Crippen molar-refractivity contribution >= 4 is 5.69 Å². The van der Waals surface area contributed by atoms with E-state index in [1.54, 1.807) is 6.92 Å². The van der Waals surface area contributed by atoms with Crippen molar-refractivity contribution in [3.05, 3.63) is 17.7 Å². The SMILES string of the molecule is Cc1cc2c(cc1N)O[C@@H](F)C(F)(F)O2. The van der Waals surface area contributed by atoms with E-state index in [1.807, 2.05) is 0 Å². The van der Waals surface area contributed by atoms with Crippen molar-refractivity contribution in [1.29, 1.82) is 0 Å². The molecule has 0 aromatic heterocycles. The molecule has 15 heavy (non-hydrogen) atoms. The molecule has 3 nitrogen and oxygen atoms in total. The Morgan fingerprint density at radius 3 is 2.67 bits per heavy atom. The molecule has 0 amide bonds. The first-order valence-corrected chi connectivity index (χ1v) is 4.18. The van der Waals surface area contributed by atoms with Crippen LogP contribution in [0.4, 0.5) is 18.9 Å². The zero-order valence-electron chi connectivity index (χ0n) is 7.76. The molecule has 0 aliphatic carbocycles. The number of alkyl halides is 3. The molecule has 2 N–H and O–H groups in total. The number of aryl methyl sites for hydroxylation is 1. The van der Waals surface area contributed by atoms with Gasteiger partial charge in [-0.3, -0.25) is 0 Å². The lowest BCUT2D eigenvalue weighted by atomic mass is 10.2. The third kappa shape index (κ3) is 1.55. The van der Waals surface area contributed by atoms with Crippen LogP contribution < -0.4 is 15.2 Å². The molecule has 1 aliphatic heterocycles. The van der Waals surface area contributed by atoms with Gasteiger partial charge in [-0.25, -0.2) is 0 Å². The minimum absolute atomic E-state index is 0.114. The highest BCUT2D eigenvalue weighted by Crippen LogP contribution is 2.42. The molecular weight excluding hydrogens is 211 g/mol. The maximum Gasteiger partial charge on any atom is 0.468 e. The number of benzene rings is 1. The van der Waals surface area contributed by atoms with Crippen LogP contribution in [0.3, 0.4) is 0 Å². The van der Waals surface area contributed by atoms with Gasteiger partial charge in [-0.15, -0.1) is 0 Å². The Balaban J connectivity index is 2.46. The Bertz CT molecular complexity index is 409. The van der Waals surface area contributed by atoms with Gasteiger partial charge >= 0.3 is 12.5 Å². The van der Waals surface area contributed by atoms with Gasteiger partial charge in [0.15, 0.2) is 11.5 Å². The average Bonchev–Trinajstić information content (AvgIpc) is 2.11. The van der Waals surface area contributed by atoms with Crippen LogP contribution in [0.1, 0.15) is 5.56 Å². The number of hydrogen-bond acceptors (Lipinski definition) is 3. The Labute approximate surface area is 83.6 Å². The molecule has 0 saturated carbocycles. The van der Waals surface area contributed by atoms with E-state index in [2.05, 4.69) is 9.47 Å². The molecule has 0 unspecified atom stereocenters. The maximum atomic E-state index is 12.8. The van der Waals surface area contributed by atoms with E-state index in [0.717, 1.165) is 0 Å². The van der Waals surface area contributed by atoms with Crippen molar-refractivity contribution in [2.75, 3.05) is 5.73 Å². The maximum absolute atomic E-state index is 12.8. The number of rotatable bonds is 0. The lowest BCUT2D eigenvalue weighted by molar-refractivity contribution is -0.281. The van der Waals surface area contributed by atoms with Gasteiger partial charge in [-0.05, 0) is 18.6 Å². The fourth-order valence-corrected chi connectivity index (χ4v) is 1.22. The number of nitrogen functional groups attached to an aromatic ring is 1. The molecule has 6 heteroatoms. The van der Waals surface area contributed by atoms with E-state index in [-0.39, 0.29) is 11.5 Å². The fraction of sp³-hybridized carbons (Fsp3) is 0.333. The van der Waals surface area contributed by atoms with Gasteiger partial charge in [0.2, 0.25) is 0 Å². The highest BCUT2D eigenvalue weighted by molar-refractivity contribution is 5.57. The summed E-state index contributed by atoms with van der Waals surface area (Å²) in [5, 5.41) is 0. The fourth-order valence-electron chi connectivity index (χ4n) is 1.22. The van der Waals surface area contributed by atoms with Crippen LogP contribution in [0.25, 0.3) is 0 Å². The van der Waals surface area contributed by atoms with Crippen LogP contribution in [0.15, 0.2) is 12.1 Å². The molecule has 82 valence electrons. The van der Waals surface area contributed by atoms with Crippen LogP contribution in [0.5, 0.6) is 11.5 Å². The minimum atomic E-state index is -3.96. The van der Waals surface area contributed by atoms with Gasteiger partial charge in [0.05, 0.1) is 0 Å². The molecule has 0 fully saturated rings. The third-order valence-electron chi connectivity index (χ3n) is 2.07. The summed E-state index contributed by atoms with van der Waals surface area (Å²) in [6.07, 6.45) is -6.78. The summed E-state index contributed by atoms with van der Waals surface area (Å²) in [4.78, 5) is 0. The molecular formula is C9H8F3NO2. The first-order chi connectivity index (χ1) is 6.90. The summed E-state index contributed by atoms with van der Waals surface area (Å²) in [5.41, 5.74) is 6.40. The summed E-state index contributed by atoms with van der Waals surface area (Å²) >= 11 is 0. The summed E-state index contributed by atoms with van der Waals surface area (Å²) < 4.78 is 46.8. The molecule has 0 saturated heterocycles. The highest BCUT2D eigenvalue weighted by atomic mass is 19.3. The summed E-state index contributed by atoms with van der Waals surface area (Å²) in [6, 6.07) is 2.54. The van der Waals surface area contributed by atoms with E-state index < -0.39 is 12.5 Å². The van der Waals surface area contributed by atoms with E-state index in [1.165, 1.54) is 12.1 Å². The van der Waals surface area contributed by atoms with Crippen molar-refractivity contribution in [2.24, 2.45) is 0 Å². The van der Waals surface area contributed by atoms with Gasteiger partial charge in [-0.1, -0.05) is 0 Å². The van der Waals surface area contributed by atoms with Crippen LogP contribution >= 0.6 is 0 Å². The monoisotopic (exact) mass is 219 g/mol. The van der Waals surface area contributed by atoms with Crippen LogP contribution in [-0.2, 0) is 0 Å². The number of halogens is 3. The van der Waals surface area contributed by atoms with E-state index in [0.29, 0.717) is 11.3 Å². The highest BCUT2D eigenvalue weighted by Gasteiger charge is 2.49. The first kappa shape index (κ1) is 9.95.